The standard InChI is InChI=1S/C31H32N4O2/c1-4-25(17-23-10-6-5-7-11-23)33-29(36)20-35-31(37)30-27(18-32-35)26-12-8-9-13-28(26)34(30)19-24-16-21(2)14-15-22(24)3/h5-16,18,25H,4,17,19-20H2,1-3H3,(H,33,36)/t25-/m1/s1. The summed E-state index contributed by atoms with van der Waals surface area (Å²) in [5.74, 6) is -0.214. The van der Waals surface area contributed by atoms with E-state index in [2.05, 4.69) is 66.1 Å². The molecule has 0 aliphatic heterocycles. The zero-order valence-corrected chi connectivity index (χ0v) is 21.6. The number of fused-ring (bicyclic) bond motifs is 3. The van der Waals surface area contributed by atoms with Crippen LogP contribution in [0.5, 0.6) is 0 Å². The first kappa shape index (κ1) is 24.5. The number of nitrogens with one attached hydrogen (secondary N) is 1. The number of para-hydroxylation sites is 1. The summed E-state index contributed by atoms with van der Waals surface area (Å²) >= 11 is 0. The van der Waals surface area contributed by atoms with Crippen LogP contribution in [0.1, 0.15) is 35.6 Å². The molecule has 188 valence electrons. The van der Waals surface area contributed by atoms with E-state index in [4.69, 9.17) is 0 Å². The first-order valence-corrected chi connectivity index (χ1v) is 12.8. The van der Waals surface area contributed by atoms with Gasteiger partial charge in [-0.05, 0) is 49.4 Å². The maximum absolute atomic E-state index is 13.7. The van der Waals surface area contributed by atoms with Crippen molar-refractivity contribution in [2.24, 2.45) is 0 Å². The van der Waals surface area contributed by atoms with Gasteiger partial charge >= 0.3 is 0 Å². The minimum atomic E-state index is -0.259. The third kappa shape index (κ3) is 5.05. The molecule has 0 radical (unpaired) electrons. The molecule has 0 aliphatic rings. The Morgan fingerprint density at radius 1 is 0.973 bits per heavy atom. The van der Waals surface area contributed by atoms with Crippen LogP contribution in [0.2, 0.25) is 0 Å². The molecule has 2 aromatic heterocycles. The molecule has 0 unspecified atom stereocenters. The van der Waals surface area contributed by atoms with Gasteiger partial charge < -0.3 is 9.88 Å². The molecular weight excluding hydrogens is 460 g/mol. The van der Waals surface area contributed by atoms with Crippen molar-refractivity contribution in [1.29, 1.82) is 0 Å². The summed E-state index contributed by atoms with van der Waals surface area (Å²) in [6.45, 7) is 6.66. The summed E-state index contributed by atoms with van der Waals surface area (Å²) in [5, 5.41) is 9.27. The van der Waals surface area contributed by atoms with E-state index in [1.807, 2.05) is 42.5 Å². The van der Waals surface area contributed by atoms with Crippen LogP contribution in [0.25, 0.3) is 21.8 Å². The molecule has 1 atom stereocenters. The number of benzene rings is 3. The van der Waals surface area contributed by atoms with Crippen molar-refractivity contribution >= 4 is 27.7 Å². The number of hydrogen-bond acceptors (Lipinski definition) is 3. The third-order valence-electron chi connectivity index (χ3n) is 7.08. The lowest BCUT2D eigenvalue weighted by molar-refractivity contribution is -0.122. The van der Waals surface area contributed by atoms with Crippen LogP contribution >= 0.6 is 0 Å². The summed E-state index contributed by atoms with van der Waals surface area (Å²) in [6.07, 6.45) is 3.26. The third-order valence-corrected chi connectivity index (χ3v) is 7.08. The van der Waals surface area contributed by atoms with E-state index in [0.29, 0.717) is 12.1 Å². The second kappa shape index (κ2) is 10.4. The van der Waals surface area contributed by atoms with Crippen LogP contribution in [0.15, 0.2) is 83.8 Å². The molecule has 2 heterocycles. The summed E-state index contributed by atoms with van der Waals surface area (Å²) in [6, 6.07) is 24.5. The summed E-state index contributed by atoms with van der Waals surface area (Å²) in [5.41, 5.74) is 5.98. The van der Waals surface area contributed by atoms with E-state index in [0.717, 1.165) is 34.7 Å². The first-order chi connectivity index (χ1) is 17.9. The van der Waals surface area contributed by atoms with Crippen LogP contribution < -0.4 is 10.9 Å². The van der Waals surface area contributed by atoms with E-state index >= 15 is 0 Å². The Morgan fingerprint density at radius 2 is 1.73 bits per heavy atom. The van der Waals surface area contributed by atoms with Gasteiger partial charge in [-0.15, -0.1) is 0 Å². The Morgan fingerprint density at radius 3 is 2.51 bits per heavy atom. The molecule has 0 saturated heterocycles. The Labute approximate surface area is 216 Å². The van der Waals surface area contributed by atoms with Gasteiger partial charge in [0.15, 0.2) is 0 Å². The molecule has 0 bridgehead atoms. The van der Waals surface area contributed by atoms with Crippen molar-refractivity contribution < 1.29 is 4.79 Å². The molecule has 0 aliphatic carbocycles. The van der Waals surface area contributed by atoms with Crippen LogP contribution in [-0.4, -0.2) is 26.3 Å². The SMILES string of the molecule is CC[C@H](Cc1ccccc1)NC(=O)Cn1ncc2c3ccccc3n(Cc3cc(C)ccc3C)c2c1=O. The van der Waals surface area contributed by atoms with Gasteiger partial charge in [0.2, 0.25) is 5.91 Å². The highest BCUT2D eigenvalue weighted by Gasteiger charge is 2.19. The highest BCUT2D eigenvalue weighted by atomic mass is 16.2. The van der Waals surface area contributed by atoms with Crippen LogP contribution in [0.4, 0.5) is 0 Å². The Hall–Kier alpha value is -4.19. The van der Waals surface area contributed by atoms with Gasteiger partial charge in [0.1, 0.15) is 12.1 Å². The fraction of sp³-hybridized carbons (Fsp3) is 0.258. The highest BCUT2D eigenvalue weighted by Crippen LogP contribution is 2.28. The summed E-state index contributed by atoms with van der Waals surface area (Å²) < 4.78 is 3.35. The monoisotopic (exact) mass is 492 g/mol. The maximum atomic E-state index is 13.7. The van der Waals surface area contributed by atoms with Crippen molar-refractivity contribution in [2.45, 2.75) is 52.7 Å². The van der Waals surface area contributed by atoms with E-state index in [9.17, 15) is 9.59 Å². The predicted octanol–water partition coefficient (Wildman–Crippen LogP) is 5.15. The second-order valence-electron chi connectivity index (χ2n) is 9.77. The number of aromatic nitrogens is 3. The Balaban J connectivity index is 1.48. The summed E-state index contributed by atoms with van der Waals surface area (Å²) in [4.78, 5) is 26.7. The van der Waals surface area contributed by atoms with E-state index in [-0.39, 0.29) is 24.1 Å². The van der Waals surface area contributed by atoms with Crippen molar-refractivity contribution in [3.8, 4) is 0 Å². The van der Waals surface area contributed by atoms with E-state index < -0.39 is 0 Å². The van der Waals surface area contributed by atoms with Crippen molar-refractivity contribution in [3.63, 3.8) is 0 Å². The minimum Gasteiger partial charge on any atom is -0.351 e. The van der Waals surface area contributed by atoms with Gasteiger partial charge in [-0.2, -0.15) is 5.10 Å². The van der Waals surface area contributed by atoms with Gasteiger partial charge in [-0.25, -0.2) is 4.68 Å². The van der Waals surface area contributed by atoms with Crippen molar-refractivity contribution in [2.75, 3.05) is 0 Å². The molecule has 1 amide bonds. The molecule has 37 heavy (non-hydrogen) atoms. The second-order valence-corrected chi connectivity index (χ2v) is 9.77. The Bertz CT molecular complexity index is 1630. The van der Waals surface area contributed by atoms with Crippen molar-refractivity contribution in [3.05, 3.63) is 112 Å². The molecule has 0 saturated carbocycles. The van der Waals surface area contributed by atoms with Gasteiger partial charge in [0.25, 0.3) is 5.56 Å². The van der Waals surface area contributed by atoms with Crippen molar-refractivity contribution in [1.82, 2.24) is 19.7 Å². The molecule has 6 nitrogen and oxygen atoms in total. The molecule has 3 aromatic carbocycles. The molecule has 5 rings (SSSR count). The number of aryl methyl sites for hydroxylation is 2. The zero-order valence-electron chi connectivity index (χ0n) is 21.6. The molecule has 5 aromatic rings. The quantitative estimate of drug-likeness (QED) is 0.326. The number of nitrogens with zero attached hydrogens (tertiary/aromatic N) is 3. The first-order valence-electron chi connectivity index (χ1n) is 12.8. The lowest BCUT2D eigenvalue weighted by Gasteiger charge is -2.17. The lowest BCUT2D eigenvalue weighted by Crippen LogP contribution is -2.40. The highest BCUT2D eigenvalue weighted by molar-refractivity contribution is 6.07. The minimum absolute atomic E-state index is 0.00919. The Kier molecular flexibility index (Phi) is 6.91. The molecule has 0 spiro atoms. The average Bonchev–Trinajstić information content (AvgIpc) is 3.22. The van der Waals surface area contributed by atoms with Crippen LogP contribution in [0.3, 0.4) is 0 Å². The fourth-order valence-electron chi connectivity index (χ4n) is 5.02. The maximum Gasteiger partial charge on any atom is 0.291 e. The predicted molar refractivity (Wildman–Crippen MR) is 149 cm³/mol. The summed E-state index contributed by atoms with van der Waals surface area (Å²) in [7, 11) is 0. The molecule has 0 fully saturated rings. The van der Waals surface area contributed by atoms with Gasteiger partial charge in [0.05, 0.1) is 6.20 Å². The lowest BCUT2D eigenvalue weighted by atomic mass is 10.0. The van der Waals surface area contributed by atoms with E-state index in [1.54, 1.807) is 6.20 Å². The zero-order chi connectivity index (χ0) is 25.9. The topological polar surface area (TPSA) is 68.9 Å². The smallest absolute Gasteiger partial charge is 0.291 e. The normalized spacial score (nSPS) is 12.2. The number of carbonyl (C=O) groups is 1. The average molecular weight is 493 g/mol. The van der Waals surface area contributed by atoms with E-state index in [1.165, 1.54) is 21.4 Å². The number of rotatable bonds is 8. The van der Waals surface area contributed by atoms with Crippen LogP contribution in [0, 0.1) is 13.8 Å². The largest absolute Gasteiger partial charge is 0.351 e. The van der Waals surface area contributed by atoms with Gasteiger partial charge in [-0.1, -0.05) is 79.2 Å². The van der Waals surface area contributed by atoms with Crippen LogP contribution in [-0.2, 0) is 24.3 Å². The number of hydrogen-bond donors (Lipinski definition) is 1. The van der Waals surface area contributed by atoms with Gasteiger partial charge in [-0.3, -0.25) is 9.59 Å². The number of carbonyl (C=O) groups excluding carboxylic acids is 1. The van der Waals surface area contributed by atoms with Gasteiger partial charge in [0, 0.05) is 28.9 Å². The molecule has 6 heteroatoms. The molecule has 1 N–H and O–H groups in total. The fourth-order valence-corrected chi connectivity index (χ4v) is 5.02. The molecular formula is C31H32N4O2. The number of amides is 1.